The molecule has 0 bridgehead atoms. The summed E-state index contributed by atoms with van der Waals surface area (Å²) in [5, 5.41) is 11.8. The predicted molar refractivity (Wildman–Crippen MR) is 254 cm³/mol. The van der Waals surface area contributed by atoms with Gasteiger partial charge in [-0.3, -0.25) is 14.4 Å². The van der Waals surface area contributed by atoms with E-state index in [1.54, 1.807) is 0 Å². The molecule has 0 aromatic rings. The van der Waals surface area contributed by atoms with Gasteiger partial charge >= 0.3 is 17.9 Å². The molecule has 0 aliphatic rings. The van der Waals surface area contributed by atoms with E-state index in [4.69, 9.17) is 14.2 Å². The van der Waals surface area contributed by atoms with Gasteiger partial charge in [0.15, 0.2) is 11.5 Å². The third-order valence-electron chi connectivity index (χ3n) is 12.4. The van der Waals surface area contributed by atoms with Gasteiger partial charge in [-0.15, -0.1) is 0 Å². The van der Waals surface area contributed by atoms with Gasteiger partial charge in [-0.2, -0.15) is 0 Å². The quantitative estimate of drug-likeness (QED) is 0.0278. The van der Waals surface area contributed by atoms with Gasteiger partial charge in [0.05, 0.1) is 26.2 Å². The van der Waals surface area contributed by atoms with E-state index < -0.39 is 41.6 Å². The van der Waals surface area contributed by atoms with Gasteiger partial charge < -0.3 is 19.3 Å². The Labute approximate surface area is 376 Å². The lowest BCUT2D eigenvalue weighted by atomic mass is 9.81. The first-order valence-corrected chi connectivity index (χ1v) is 26.5. The molecule has 61 heavy (non-hydrogen) atoms. The standard InChI is InChI=1S/C53H100O8/c1-5-8-11-14-17-20-23-26-29-32-35-38-41-44-59-49(55)47-53(58,52(57)61-46-43-40-37-34-31-28-25-22-19-16-13-10-7-3)50(48(4)54)51(56)60-45-42-39-36-33-30-27-24-21-18-15-12-9-6-2/h50,58H,5-47H2,1-4H3. The van der Waals surface area contributed by atoms with Crippen molar-refractivity contribution < 1.29 is 38.5 Å². The fraction of sp³-hybridized carbons (Fsp3) is 0.925. The number of hydrogen-bond acceptors (Lipinski definition) is 8. The molecule has 8 heteroatoms. The van der Waals surface area contributed by atoms with E-state index in [9.17, 15) is 24.3 Å². The molecule has 2 atom stereocenters. The summed E-state index contributed by atoms with van der Waals surface area (Å²) in [5.41, 5.74) is -2.71. The minimum atomic E-state index is -2.71. The number of carbonyl (C=O) groups excluding carboxylic acids is 4. The van der Waals surface area contributed by atoms with Gasteiger partial charge in [0, 0.05) is 0 Å². The van der Waals surface area contributed by atoms with Crippen molar-refractivity contribution in [2.24, 2.45) is 5.92 Å². The van der Waals surface area contributed by atoms with Crippen LogP contribution in [0.3, 0.4) is 0 Å². The third-order valence-corrected chi connectivity index (χ3v) is 12.4. The fourth-order valence-corrected chi connectivity index (χ4v) is 8.35. The number of hydrogen-bond donors (Lipinski definition) is 1. The van der Waals surface area contributed by atoms with E-state index in [-0.39, 0.29) is 19.8 Å². The number of aliphatic hydroxyl groups is 1. The van der Waals surface area contributed by atoms with Gasteiger partial charge in [-0.25, -0.2) is 4.79 Å². The lowest BCUT2D eigenvalue weighted by Gasteiger charge is -2.30. The fourth-order valence-electron chi connectivity index (χ4n) is 8.35. The number of rotatable bonds is 48. The summed E-state index contributed by atoms with van der Waals surface area (Å²) in [6.07, 6.45) is 45.3. The second-order valence-electron chi connectivity index (χ2n) is 18.4. The monoisotopic (exact) mass is 865 g/mol. The maximum Gasteiger partial charge on any atom is 0.340 e. The molecule has 0 aliphatic carbocycles. The van der Waals surface area contributed by atoms with Crippen LogP contribution in [0.5, 0.6) is 0 Å². The molecule has 0 saturated heterocycles. The summed E-state index contributed by atoms with van der Waals surface area (Å²) in [4.78, 5) is 52.9. The van der Waals surface area contributed by atoms with Gasteiger partial charge in [0.25, 0.3) is 0 Å². The Morgan fingerprint density at radius 1 is 0.377 bits per heavy atom. The van der Waals surface area contributed by atoms with Crippen LogP contribution in [0.25, 0.3) is 0 Å². The Hall–Kier alpha value is -1.96. The van der Waals surface area contributed by atoms with E-state index >= 15 is 0 Å². The van der Waals surface area contributed by atoms with Crippen LogP contribution in [0.1, 0.15) is 285 Å². The van der Waals surface area contributed by atoms with Crippen molar-refractivity contribution in [1.82, 2.24) is 0 Å². The van der Waals surface area contributed by atoms with Crippen molar-refractivity contribution in [2.45, 2.75) is 290 Å². The van der Waals surface area contributed by atoms with Gasteiger partial charge in [0.2, 0.25) is 0 Å². The molecule has 0 aromatic heterocycles. The lowest BCUT2D eigenvalue weighted by Crippen LogP contribution is -2.55. The molecule has 0 radical (unpaired) electrons. The van der Waals surface area contributed by atoms with E-state index in [0.29, 0.717) is 19.3 Å². The van der Waals surface area contributed by atoms with Crippen molar-refractivity contribution >= 4 is 23.7 Å². The lowest BCUT2D eigenvalue weighted by molar-refractivity contribution is -0.187. The highest BCUT2D eigenvalue weighted by molar-refractivity contribution is 6.05. The largest absolute Gasteiger partial charge is 0.466 e. The molecule has 0 amide bonds. The van der Waals surface area contributed by atoms with Crippen LogP contribution in [0.4, 0.5) is 0 Å². The van der Waals surface area contributed by atoms with E-state index in [1.165, 1.54) is 173 Å². The Balaban J connectivity index is 4.86. The smallest absolute Gasteiger partial charge is 0.340 e. The summed E-state index contributed by atoms with van der Waals surface area (Å²) < 4.78 is 16.4. The Bertz CT molecular complexity index is 1010. The summed E-state index contributed by atoms with van der Waals surface area (Å²) >= 11 is 0. The third kappa shape index (κ3) is 36.1. The van der Waals surface area contributed by atoms with Gasteiger partial charge in [-0.05, 0) is 26.2 Å². The molecule has 2 unspecified atom stereocenters. The number of carbonyl (C=O) groups is 4. The van der Waals surface area contributed by atoms with Crippen LogP contribution in [0, 0.1) is 5.92 Å². The maximum absolute atomic E-state index is 13.5. The normalized spacial score (nSPS) is 12.9. The minimum Gasteiger partial charge on any atom is -0.466 e. The van der Waals surface area contributed by atoms with Crippen molar-refractivity contribution in [3.05, 3.63) is 0 Å². The molecule has 0 rings (SSSR count). The van der Waals surface area contributed by atoms with Crippen molar-refractivity contribution in [1.29, 1.82) is 0 Å². The zero-order chi connectivity index (χ0) is 44.9. The zero-order valence-electron chi connectivity index (χ0n) is 40.8. The van der Waals surface area contributed by atoms with Crippen LogP contribution >= 0.6 is 0 Å². The topological polar surface area (TPSA) is 116 Å². The van der Waals surface area contributed by atoms with Crippen LogP contribution in [-0.2, 0) is 33.4 Å². The van der Waals surface area contributed by atoms with E-state index in [1.807, 2.05) is 0 Å². The second-order valence-corrected chi connectivity index (χ2v) is 18.4. The molecule has 0 heterocycles. The molecule has 1 N–H and O–H groups in total. The van der Waals surface area contributed by atoms with Gasteiger partial charge in [0.1, 0.15) is 5.78 Å². The minimum absolute atomic E-state index is 0.0333. The van der Waals surface area contributed by atoms with Crippen LogP contribution in [0.2, 0.25) is 0 Å². The number of unbranched alkanes of at least 4 members (excludes halogenated alkanes) is 36. The number of ether oxygens (including phenoxy) is 3. The van der Waals surface area contributed by atoms with Crippen molar-refractivity contribution in [2.75, 3.05) is 19.8 Å². The Morgan fingerprint density at radius 3 is 0.902 bits per heavy atom. The highest BCUT2D eigenvalue weighted by Gasteiger charge is 2.54. The van der Waals surface area contributed by atoms with E-state index in [0.717, 1.165) is 64.7 Å². The molecule has 360 valence electrons. The van der Waals surface area contributed by atoms with Crippen molar-refractivity contribution in [3.63, 3.8) is 0 Å². The second kappa shape index (κ2) is 44.6. The Morgan fingerprint density at radius 2 is 0.623 bits per heavy atom. The molecular formula is C53H100O8. The summed E-state index contributed by atoms with van der Waals surface area (Å²) in [6.45, 7) is 8.13. The van der Waals surface area contributed by atoms with Crippen LogP contribution < -0.4 is 0 Å². The molecule has 0 spiro atoms. The SMILES string of the molecule is CCCCCCCCCCCCCCCOC(=O)CC(O)(C(=O)OCCCCCCCCCCCCCCC)C(C(C)=O)C(=O)OCCCCCCCCCCCCCCC. The Kier molecular flexibility index (Phi) is 43.2. The number of esters is 3. The molecule has 8 nitrogen and oxygen atoms in total. The summed E-state index contributed by atoms with van der Waals surface area (Å²) in [5.74, 6) is -5.62. The first-order valence-electron chi connectivity index (χ1n) is 26.5. The first kappa shape index (κ1) is 59.0. The number of ketones is 1. The van der Waals surface area contributed by atoms with Crippen LogP contribution in [0.15, 0.2) is 0 Å². The van der Waals surface area contributed by atoms with E-state index in [2.05, 4.69) is 20.8 Å². The molecule has 0 aliphatic heterocycles. The predicted octanol–water partition coefficient (Wildman–Crippen LogP) is 15.2. The molecule has 0 saturated carbocycles. The van der Waals surface area contributed by atoms with Crippen LogP contribution in [-0.4, -0.2) is 54.2 Å². The highest BCUT2D eigenvalue weighted by atomic mass is 16.6. The zero-order valence-corrected chi connectivity index (χ0v) is 40.8. The molecule has 0 fully saturated rings. The van der Waals surface area contributed by atoms with Gasteiger partial charge in [-0.1, -0.05) is 252 Å². The van der Waals surface area contributed by atoms with Crippen molar-refractivity contribution in [3.8, 4) is 0 Å². The first-order chi connectivity index (χ1) is 29.7. The summed E-state index contributed by atoms with van der Waals surface area (Å²) in [7, 11) is 0. The summed E-state index contributed by atoms with van der Waals surface area (Å²) in [6, 6.07) is 0. The average molecular weight is 865 g/mol. The maximum atomic E-state index is 13.5. The highest BCUT2D eigenvalue weighted by Crippen LogP contribution is 2.28. The number of Topliss-reactive ketones (excluding diaryl/α,β-unsaturated/α-hetero) is 1. The average Bonchev–Trinajstić information content (AvgIpc) is 3.23. The molecular weight excluding hydrogens is 765 g/mol. The molecule has 0 aromatic carbocycles.